The molecule has 2 aromatic carbocycles. The van der Waals surface area contributed by atoms with Gasteiger partial charge in [0.15, 0.2) is 5.69 Å². The van der Waals surface area contributed by atoms with Gasteiger partial charge in [-0.2, -0.15) is 18.3 Å². The molecular weight excluding hydrogens is 503 g/mol. The summed E-state index contributed by atoms with van der Waals surface area (Å²) in [5, 5.41) is 3.62. The van der Waals surface area contributed by atoms with E-state index in [1.54, 1.807) is 18.1 Å². The van der Waals surface area contributed by atoms with Crippen molar-refractivity contribution >= 4 is 11.9 Å². The number of alkyl halides is 3. The number of hydrogen-bond donors (Lipinski definition) is 0. The number of esters is 1. The van der Waals surface area contributed by atoms with Gasteiger partial charge in [0.05, 0.1) is 32.4 Å². The van der Waals surface area contributed by atoms with E-state index in [1.807, 2.05) is 12.1 Å². The van der Waals surface area contributed by atoms with Gasteiger partial charge in [-0.1, -0.05) is 0 Å². The summed E-state index contributed by atoms with van der Waals surface area (Å²) >= 11 is 0. The second-order valence-electron chi connectivity index (χ2n) is 9.26. The molecule has 38 heavy (non-hydrogen) atoms. The lowest BCUT2D eigenvalue weighted by Gasteiger charge is -2.36. The molecule has 0 fully saturated rings. The highest BCUT2D eigenvalue weighted by molar-refractivity contribution is 6.03. The Morgan fingerprint density at radius 2 is 1.89 bits per heavy atom. The molecule has 2 aliphatic rings. The third kappa shape index (κ3) is 4.46. The SMILES string of the molecule is COC(=O)c1cc2c(c(-c3cn(C)nc3C(F)(F)F)c1)CCN([C@H]1CCCOc3ccc(OC)cc31)C2=O. The fourth-order valence-electron chi connectivity index (χ4n) is 5.27. The Bertz CT molecular complexity index is 1420. The number of halogens is 3. The number of ether oxygens (including phenoxy) is 3. The normalized spacial score (nSPS) is 17.3. The fourth-order valence-corrected chi connectivity index (χ4v) is 5.27. The molecule has 0 aliphatic carbocycles. The van der Waals surface area contributed by atoms with E-state index in [1.165, 1.54) is 32.5 Å². The van der Waals surface area contributed by atoms with Crippen molar-refractivity contribution in [3.8, 4) is 22.6 Å². The molecule has 0 spiro atoms. The summed E-state index contributed by atoms with van der Waals surface area (Å²) in [7, 11) is 4.12. The first-order valence-corrected chi connectivity index (χ1v) is 12.1. The van der Waals surface area contributed by atoms with Crippen LogP contribution in [0.4, 0.5) is 13.2 Å². The van der Waals surface area contributed by atoms with E-state index in [4.69, 9.17) is 14.2 Å². The van der Waals surface area contributed by atoms with Gasteiger partial charge in [0.2, 0.25) is 0 Å². The van der Waals surface area contributed by atoms with Crippen LogP contribution >= 0.6 is 0 Å². The number of hydrogen-bond acceptors (Lipinski definition) is 6. The van der Waals surface area contributed by atoms with Crippen LogP contribution < -0.4 is 9.47 Å². The van der Waals surface area contributed by atoms with E-state index >= 15 is 0 Å². The molecule has 200 valence electrons. The highest BCUT2D eigenvalue weighted by Gasteiger charge is 2.40. The van der Waals surface area contributed by atoms with Gasteiger partial charge in [0.25, 0.3) is 5.91 Å². The fraction of sp³-hybridized carbons (Fsp3) is 0.370. The summed E-state index contributed by atoms with van der Waals surface area (Å²) in [6.45, 7) is 0.769. The minimum atomic E-state index is -4.72. The molecule has 2 aliphatic heterocycles. The van der Waals surface area contributed by atoms with Gasteiger partial charge in [-0.3, -0.25) is 9.48 Å². The average molecular weight is 530 g/mol. The van der Waals surface area contributed by atoms with Crippen molar-refractivity contribution in [3.05, 3.63) is 64.5 Å². The molecule has 0 N–H and O–H groups in total. The van der Waals surface area contributed by atoms with Crippen LogP contribution in [0.15, 0.2) is 36.5 Å². The lowest BCUT2D eigenvalue weighted by atomic mass is 9.86. The summed E-state index contributed by atoms with van der Waals surface area (Å²) in [5.41, 5.74) is 0.257. The summed E-state index contributed by atoms with van der Waals surface area (Å²) in [5.74, 6) is 0.141. The largest absolute Gasteiger partial charge is 0.497 e. The van der Waals surface area contributed by atoms with Crippen molar-refractivity contribution in [2.75, 3.05) is 27.4 Å². The van der Waals surface area contributed by atoms with Crippen LogP contribution in [0.2, 0.25) is 0 Å². The van der Waals surface area contributed by atoms with Crippen molar-refractivity contribution in [1.82, 2.24) is 14.7 Å². The van der Waals surface area contributed by atoms with Gasteiger partial charge >= 0.3 is 12.1 Å². The number of benzene rings is 2. The van der Waals surface area contributed by atoms with Crippen molar-refractivity contribution < 1.29 is 37.0 Å². The molecule has 11 heteroatoms. The zero-order valence-electron chi connectivity index (χ0n) is 21.1. The third-order valence-corrected chi connectivity index (χ3v) is 6.98. The first-order chi connectivity index (χ1) is 18.1. The molecule has 5 rings (SSSR count). The number of aromatic nitrogens is 2. The van der Waals surface area contributed by atoms with Crippen LogP contribution in [0.3, 0.4) is 0 Å². The van der Waals surface area contributed by atoms with E-state index in [0.717, 1.165) is 10.2 Å². The molecule has 1 atom stereocenters. The van der Waals surface area contributed by atoms with Crippen LogP contribution in [0.25, 0.3) is 11.1 Å². The van der Waals surface area contributed by atoms with E-state index in [-0.39, 0.29) is 40.7 Å². The minimum Gasteiger partial charge on any atom is -0.497 e. The number of carbonyl (C=O) groups is 2. The predicted molar refractivity (Wildman–Crippen MR) is 130 cm³/mol. The van der Waals surface area contributed by atoms with Crippen LogP contribution in [-0.2, 0) is 24.4 Å². The third-order valence-electron chi connectivity index (χ3n) is 6.98. The Labute approximate surface area is 216 Å². The molecule has 8 nitrogen and oxygen atoms in total. The van der Waals surface area contributed by atoms with Crippen LogP contribution in [0.1, 0.15) is 56.4 Å². The molecular formula is C27H26F3N3O5. The van der Waals surface area contributed by atoms with Gasteiger partial charge in [0.1, 0.15) is 11.5 Å². The average Bonchev–Trinajstić information content (AvgIpc) is 3.18. The van der Waals surface area contributed by atoms with Gasteiger partial charge < -0.3 is 19.1 Å². The molecule has 0 unspecified atom stereocenters. The molecule has 3 heterocycles. The maximum Gasteiger partial charge on any atom is 0.435 e. The maximum absolute atomic E-state index is 14.0. The lowest BCUT2D eigenvalue weighted by Crippen LogP contribution is -2.40. The zero-order chi connectivity index (χ0) is 27.2. The number of fused-ring (bicyclic) bond motifs is 2. The molecule has 0 radical (unpaired) electrons. The van der Waals surface area contributed by atoms with Crippen LogP contribution in [0, 0.1) is 0 Å². The summed E-state index contributed by atoms with van der Waals surface area (Å²) in [6, 6.07) is 7.86. The number of methoxy groups -OCH3 is 2. The zero-order valence-corrected chi connectivity index (χ0v) is 21.1. The first-order valence-electron chi connectivity index (χ1n) is 12.1. The summed E-state index contributed by atoms with van der Waals surface area (Å²) in [4.78, 5) is 28.2. The van der Waals surface area contributed by atoms with E-state index in [9.17, 15) is 22.8 Å². The van der Waals surface area contributed by atoms with Crippen molar-refractivity contribution in [3.63, 3.8) is 0 Å². The second kappa shape index (κ2) is 9.70. The van der Waals surface area contributed by atoms with Gasteiger partial charge in [-0.05, 0) is 60.7 Å². The number of nitrogens with zero attached hydrogens (tertiary/aromatic N) is 3. The highest BCUT2D eigenvalue weighted by Crippen LogP contribution is 2.43. The number of amides is 1. The quantitative estimate of drug-likeness (QED) is 0.451. The summed E-state index contributed by atoms with van der Waals surface area (Å²) in [6.07, 6.45) is -1.84. The highest BCUT2D eigenvalue weighted by atomic mass is 19.4. The van der Waals surface area contributed by atoms with Crippen molar-refractivity contribution in [2.45, 2.75) is 31.5 Å². The standard InChI is InChI=1S/C27H26F3N3O5/c1-32-14-21(24(31-32)27(28,29)30)18-11-15(26(35)37-3)12-19-17(18)8-9-33(25(19)34)22-5-4-10-38-23-7-6-16(36-2)13-20(22)23/h6-7,11-14,22H,4-5,8-10H2,1-3H3/t22-/m0/s1. The van der Waals surface area contributed by atoms with Crippen molar-refractivity contribution in [2.24, 2.45) is 7.05 Å². The minimum absolute atomic E-state index is 0.0142. The molecule has 1 aromatic heterocycles. The molecule has 0 bridgehead atoms. The first kappa shape index (κ1) is 25.6. The van der Waals surface area contributed by atoms with Gasteiger partial charge in [-0.25, -0.2) is 4.79 Å². The Balaban J connectivity index is 1.64. The predicted octanol–water partition coefficient (Wildman–Crippen LogP) is 4.81. The maximum atomic E-state index is 14.0. The lowest BCUT2D eigenvalue weighted by molar-refractivity contribution is -0.141. The molecule has 1 amide bonds. The second-order valence-corrected chi connectivity index (χ2v) is 9.26. The Morgan fingerprint density at radius 3 is 2.61 bits per heavy atom. The number of rotatable bonds is 4. The number of aryl methyl sites for hydroxylation is 1. The topological polar surface area (TPSA) is 82.9 Å². The smallest absolute Gasteiger partial charge is 0.435 e. The Kier molecular flexibility index (Phi) is 6.54. The van der Waals surface area contributed by atoms with Gasteiger partial charge in [-0.15, -0.1) is 0 Å². The Hall–Kier alpha value is -4.02. The van der Waals surface area contributed by atoms with Gasteiger partial charge in [0, 0.05) is 36.5 Å². The summed E-state index contributed by atoms with van der Waals surface area (Å²) < 4.78 is 58.8. The number of carbonyl (C=O) groups excluding carboxylic acids is 2. The molecule has 0 saturated carbocycles. The van der Waals surface area contributed by atoms with E-state index in [2.05, 4.69) is 5.10 Å². The Morgan fingerprint density at radius 1 is 1.13 bits per heavy atom. The molecule has 3 aromatic rings. The monoisotopic (exact) mass is 529 g/mol. The van der Waals surface area contributed by atoms with E-state index < -0.39 is 17.8 Å². The van der Waals surface area contributed by atoms with Crippen molar-refractivity contribution in [1.29, 1.82) is 0 Å². The van der Waals surface area contributed by atoms with Crippen LogP contribution in [0.5, 0.6) is 11.5 Å². The van der Waals surface area contributed by atoms with Crippen LogP contribution in [-0.4, -0.2) is 53.9 Å². The van der Waals surface area contributed by atoms with E-state index in [0.29, 0.717) is 42.9 Å². The molecule has 0 saturated heterocycles.